The highest BCUT2D eigenvalue weighted by Gasteiger charge is 2.18. The first kappa shape index (κ1) is 26.8. The normalized spacial score (nSPS) is 10.5. The number of nitrogens with one attached hydrogen (secondary N) is 2. The maximum Gasteiger partial charge on any atom is 0.337 e. The smallest absolute Gasteiger partial charge is 0.337 e. The molecule has 0 radical (unpaired) electrons. The van der Waals surface area contributed by atoms with Gasteiger partial charge in [0, 0.05) is 11.1 Å². The Balaban J connectivity index is 1.57. The summed E-state index contributed by atoms with van der Waals surface area (Å²) in [6.45, 7) is 3.59. The molecule has 0 saturated heterocycles. The predicted octanol–water partition coefficient (Wildman–Crippen LogP) is 5.80. The maximum absolute atomic E-state index is 12.7. The predicted molar refractivity (Wildman–Crippen MR) is 148 cm³/mol. The van der Waals surface area contributed by atoms with Crippen LogP contribution in [0.1, 0.15) is 63.7 Å². The first-order valence-electron chi connectivity index (χ1n) is 12.1. The van der Waals surface area contributed by atoms with Crippen molar-refractivity contribution in [3.05, 3.63) is 129 Å². The van der Waals surface area contributed by atoms with Crippen molar-refractivity contribution in [3.8, 4) is 0 Å². The van der Waals surface area contributed by atoms with Gasteiger partial charge in [-0.15, -0.1) is 0 Å². The first-order valence-corrected chi connectivity index (χ1v) is 12.1. The number of carboxylic acids is 2. The number of anilines is 2. The minimum atomic E-state index is -1.21. The van der Waals surface area contributed by atoms with Crippen LogP contribution in [0, 0.1) is 13.8 Å². The monoisotopic (exact) mass is 522 g/mol. The molecule has 4 rings (SSSR count). The van der Waals surface area contributed by atoms with Crippen LogP contribution in [0.4, 0.5) is 11.4 Å². The molecule has 0 spiro atoms. The van der Waals surface area contributed by atoms with Gasteiger partial charge in [-0.2, -0.15) is 0 Å². The zero-order chi connectivity index (χ0) is 28.1. The van der Waals surface area contributed by atoms with Crippen LogP contribution in [0.3, 0.4) is 0 Å². The molecule has 39 heavy (non-hydrogen) atoms. The summed E-state index contributed by atoms with van der Waals surface area (Å²) in [7, 11) is 0. The van der Waals surface area contributed by atoms with Crippen molar-refractivity contribution in [2.75, 3.05) is 10.6 Å². The van der Waals surface area contributed by atoms with Gasteiger partial charge in [0.1, 0.15) is 0 Å². The Morgan fingerprint density at radius 2 is 0.949 bits per heavy atom. The Morgan fingerprint density at radius 1 is 0.564 bits per heavy atom. The number of carbonyl (C=O) groups is 4. The molecule has 196 valence electrons. The molecular weight excluding hydrogens is 496 g/mol. The van der Waals surface area contributed by atoms with Crippen molar-refractivity contribution in [2.24, 2.45) is 0 Å². The third-order valence-corrected chi connectivity index (χ3v) is 6.31. The molecule has 0 aliphatic carbocycles. The fraction of sp³-hybridized carbons (Fsp3) is 0.0968. The minimum absolute atomic E-state index is 0.0880. The lowest BCUT2D eigenvalue weighted by atomic mass is 9.99. The molecule has 4 N–H and O–H groups in total. The summed E-state index contributed by atoms with van der Waals surface area (Å²) >= 11 is 0. The van der Waals surface area contributed by atoms with Crippen molar-refractivity contribution < 1.29 is 29.4 Å². The highest BCUT2D eigenvalue weighted by molar-refractivity contribution is 6.09. The molecule has 0 atom stereocenters. The fourth-order valence-corrected chi connectivity index (χ4v) is 4.24. The van der Waals surface area contributed by atoms with Crippen LogP contribution in [0.15, 0.2) is 84.9 Å². The van der Waals surface area contributed by atoms with Gasteiger partial charge in [0.15, 0.2) is 0 Å². The van der Waals surface area contributed by atoms with E-state index < -0.39 is 23.8 Å². The zero-order valence-corrected chi connectivity index (χ0v) is 21.3. The Kier molecular flexibility index (Phi) is 7.86. The van der Waals surface area contributed by atoms with Crippen molar-refractivity contribution >= 4 is 35.1 Å². The Bertz CT molecular complexity index is 1490. The molecule has 0 bridgehead atoms. The van der Waals surface area contributed by atoms with Crippen LogP contribution in [0.5, 0.6) is 0 Å². The van der Waals surface area contributed by atoms with E-state index in [1.807, 2.05) is 12.1 Å². The van der Waals surface area contributed by atoms with Gasteiger partial charge in [-0.05, 0) is 78.9 Å². The summed E-state index contributed by atoms with van der Waals surface area (Å²) in [4.78, 5) is 49.4. The van der Waals surface area contributed by atoms with Crippen molar-refractivity contribution in [2.45, 2.75) is 20.3 Å². The van der Waals surface area contributed by atoms with Crippen LogP contribution in [0.25, 0.3) is 0 Å². The number of benzene rings is 4. The van der Waals surface area contributed by atoms with E-state index in [2.05, 4.69) is 10.6 Å². The van der Waals surface area contributed by atoms with Crippen LogP contribution in [0.2, 0.25) is 0 Å². The number of hydrogen-bond donors (Lipinski definition) is 4. The highest BCUT2D eigenvalue weighted by atomic mass is 16.4. The van der Waals surface area contributed by atoms with Crippen molar-refractivity contribution in [1.82, 2.24) is 0 Å². The van der Waals surface area contributed by atoms with E-state index in [9.17, 15) is 29.4 Å². The first-order chi connectivity index (χ1) is 18.6. The molecular formula is C31H26N2O6. The number of carboxylic acid groups (broad SMARTS) is 2. The summed E-state index contributed by atoms with van der Waals surface area (Å²) in [6.07, 6.45) is 0.235. The SMILES string of the molecule is Cc1ccccc1C(=O)Nc1ccc(Cc2ccc(NC(=O)c3ccccc3C)c(C(=O)O)c2)cc1C(=O)O. The van der Waals surface area contributed by atoms with E-state index in [0.717, 1.165) is 11.1 Å². The van der Waals surface area contributed by atoms with Gasteiger partial charge < -0.3 is 20.8 Å². The average Bonchev–Trinajstić information content (AvgIpc) is 2.90. The van der Waals surface area contributed by atoms with Crippen LogP contribution < -0.4 is 10.6 Å². The summed E-state index contributed by atoms with van der Waals surface area (Å²) in [6, 6.07) is 23.3. The lowest BCUT2D eigenvalue weighted by molar-refractivity contribution is 0.0687. The quantitative estimate of drug-likeness (QED) is 0.231. The Hall–Kier alpha value is -5.24. The van der Waals surface area contributed by atoms with Crippen molar-refractivity contribution in [3.63, 3.8) is 0 Å². The molecule has 8 nitrogen and oxygen atoms in total. The van der Waals surface area contributed by atoms with E-state index in [4.69, 9.17) is 0 Å². The molecule has 8 heteroatoms. The number of aromatic carboxylic acids is 2. The zero-order valence-electron chi connectivity index (χ0n) is 21.3. The van der Waals surface area contributed by atoms with Crippen LogP contribution in [-0.2, 0) is 6.42 Å². The number of aryl methyl sites for hydroxylation is 2. The van der Waals surface area contributed by atoms with Crippen molar-refractivity contribution in [1.29, 1.82) is 0 Å². The van der Waals surface area contributed by atoms with E-state index in [1.54, 1.807) is 62.4 Å². The molecule has 0 aliphatic heterocycles. The summed E-state index contributed by atoms with van der Waals surface area (Å²) in [5, 5.41) is 24.9. The van der Waals surface area contributed by atoms with E-state index in [-0.39, 0.29) is 28.9 Å². The van der Waals surface area contributed by atoms with Crippen LogP contribution >= 0.6 is 0 Å². The van der Waals surface area contributed by atoms with Gasteiger partial charge in [-0.1, -0.05) is 48.5 Å². The van der Waals surface area contributed by atoms with Gasteiger partial charge in [0.25, 0.3) is 11.8 Å². The molecule has 2 amide bonds. The van der Waals surface area contributed by atoms with E-state index in [1.165, 1.54) is 24.3 Å². The standard InChI is InChI=1S/C31H26N2O6/c1-18-7-3-5-9-22(18)28(34)32-26-13-11-20(16-24(26)30(36)37)15-21-12-14-27(25(17-21)31(38)39)33-29(35)23-10-6-4-8-19(23)2/h3-14,16-17H,15H2,1-2H3,(H,32,34)(H,33,35)(H,36,37)(H,38,39). The molecule has 4 aromatic carbocycles. The van der Waals surface area contributed by atoms with Gasteiger partial charge in [-0.3, -0.25) is 9.59 Å². The second-order valence-electron chi connectivity index (χ2n) is 9.09. The molecule has 4 aromatic rings. The third kappa shape index (κ3) is 6.19. The van der Waals surface area contributed by atoms with Gasteiger partial charge in [0.2, 0.25) is 0 Å². The number of amides is 2. The molecule has 0 aliphatic rings. The second kappa shape index (κ2) is 11.4. The Labute approximate surface area is 224 Å². The molecule has 0 heterocycles. The molecule has 0 aromatic heterocycles. The highest BCUT2D eigenvalue weighted by Crippen LogP contribution is 2.24. The number of hydrogen-bond acceptors (Lipinski definition) is 4. The summed E-state index contributed by atoms with van der Waals surface area (Å²) in [5.41, 5.74) is 3.74. The number of rotatable bonds is 8. The lowest BCUT2D eigenvalue weighted by Gasteiger charge is -2.13. The lowest BCUT2D eigenvalue weighted by Crippen LogP contribution is -2.16. The summed E-state index contributed by atoms with van der Waals surface area (Å²) in [5.74, 6) is -3.26. The van der Waals surface area contributed by atoms with E-state index in [0.29, 0.717) is 22.3 Å². The summed E-state index contributed by atoms with van der Waals surface area (Å²) < 4.78 is 0. The van der Waals surface area contributed by atoms with Gasteiger partial charge in [-0.25, -0.2) is 9.59 Å². The molecule has 0 saturated carbocycles. The van der Waals surface area contributed by atoms with Gasteiger partial charge in [0.05, 0.1) is 22.5 Å². The van der Waals surface area contributed by atoms with Gasteiger partial charge >= 0.3 is 11.9 Å². The maximum atomic E-state index is 12.7. The fourth-order valence-electron chi connectivity index (χ4n) is 4.24. The van der Waals surface area contributed by atoms with Crippen LogP contribution in [-0.4, -0.2) is 34.0 Å². The Morgan fingerprint density at radius 3 is 1.31 bits per heavy atom. The minimum Gasteiger partial charge on any atom is -0.478 e. The number of carbonyl (C=O) groups excluding carboxylic acids is 2. The largest absolute Gasteiger partial charge is 0.478 e. The topological polar surface area (TPSA) is 133 Å². The average molecular weight is 523 g/mol. The van der Waals surface area contributed by atoms with E-state index >= 15 is 0 Å². The molecule has 0 fully saturated rings. The molecule has 0 unspecified atom stereocenters. The second-order valence-corrected chi connectivity index (χ2v) is 9.09. The third-order valence-electron chi connectivity index (χ3n) is 6.31.